The minimum atomic E-state index is -0.219. The molecular weight excluding hydrogens is 232 g/mol. The molecule has 0 aliphatic carbocycles. The molecule has 18 heavy (non-hydrogen) atoms. The largest absolute Gasteiger partial charge is 0.489 e. The normalized spacial score (nSPS) is 10.4. The van der Waals surface area contributed by atoms with Gasteiger partial charge in [-0.1, -0.05) is 12.1 Å². The van der Waals surface area contributed by atoms with E-state index >= 15 is 0 Å². The van der Waals surface area contributed by atoms with Gasteiger partial charge in [0.15, 0.2) is 0 Å². The molecule has 0 aromatic heterocycles. The third-order valence-corrected chi connectivity index (χ3v) is 2.02. The average molecular weight is 252 g/mol. The van der Waals surface area contributed by atoms with Gasteiger partial charge in [0.05, 0.1) is 18.4 Å². The number of rotatable bonds is 7. The lowest BCUT2D eigenvalue weighted by Crippen LogP contribution is -2.21. The Labute approximate surface area is 107 Å². The van der Waals surface area contributed by atoms with Gasteiger partial charge in [-0.2, -0.15) is 0 Å². The number of hydrogen-bond acceptors (Lipinski definition) is 4. The van der Waals surface area contributed by atoms with Crippen molar-refractivity contribution in [3.8, 4) is 5.75 Å². The molecule has 0 saturated heterocycles. The van der Waals surface area contributed by atoms with Crippen molar-refractivity contribution in [1.82, 2.24) is 0 Å². The van der Waals surface area contributed by atoms with Crippen LogP contribution in [0.25, 0.3) is 0 Å². The zero-order valence-electron chi connectivity index (χ0n) is 10.8. The molecule has 100 valence electrons. The number of nitrogens with one attached hydrogen (secondary N) is 1. The van der Waals surface area contributed by atoms with Gasteiger partial charge in [-0.15, -0.1) is 0 Å². The van der Waals surface area contributed by atoms with Crippen LogP contribution in [-0.2, 0) is 9.53 Å². The first-order chi connectivity index (χ1) is 8.63. The Morgan fingerprint density at radius 2 is 2.11 bits per heavy atom. The Morgan fingerprint density at radius 3 is 2.78 bits per heavy atom. The van der Waals surface area contributed by atoms with Crippen molar-refractivity contribution >= 4 is 11.6 Å². The molecule has 1 aromatic carbocycles. The second kappa shape index (κ2) is 7.68. The highest BCUT2D eigenvalue weighted by Crippen LogP contribution is 2.24. The smallest absolute Gasteiger partial charge is 0.250 e. The van der Waals surface area contributed by atoms with Gasteiger partial charge in [0.2, 0.25) is 5.91 Å². The third kappa shape index (κ3) is 5.16. The maximum absolute atomic E-state index is 11.6. The van der Waals surface area contributed by atoms with Crippen molar-refractivity contribution in [2.75, 3.05) is 25.1 Å². The zero-order valence-corrected chi connectivity index (χ0v) is 10.8. The first-order valence-corrected chi connectivity index (χ1v) is 5.97. The highest BCUT2D eigenvalue weighted by Gasteiger charge is 2.08. The molecule has 0 radical (unpaired) electrons. The number of hydrogen-bond donors (Lipinski definition) is 2. The first kappa shape index (κ1) is 14.5. The van der Waals surface area contributed by atoms with Crippen molar-refractivity contribution in [2.24, 2.45) is 5.73 Å². The lowest BCUT2D eigenvalue weighted by atomic mass is 10.3. The number of nitrogens with two attached hydrogens (primary N) is 1. The van der Waals surface area contributed by atoms with Gasteiger partial charge < -0.3 is 20.5 Å². The van der Waals surface area contributed by atoms with E-state index in [1.807, 2.05) is 32.0 Å². The van der Waals surface area contributed by atoms with Gasteiger partial charge in [0.25, 0.3) is 0 Å². The predicted molar refractivity (Wildman–Crippen MR) is 70.7 cm³/mol. The summed E-state index contributed by atoms with van der Waals surface area (Å²) in [6, 6.07) is 7.30. The van der Waals surface area contributed by atoms with Crippen LogP contribution in [0, 0.1) is 0 Å². The predicted octanol–water partition coefficient (Wildman–Crippen LogP) is 1.39. The van der Waals surface area contributed by atoms with Crippen molar-refractivity contribution < 1.29 is 14.3 Å². The lowest BCUT2D eigenvalue weighted by Gasteiger charge is -2.14. The molecule has 5 heteroatoms. The molecule has 0 saturated carbocycles. The molecule has 0 heterocycles. The Hall–Kier alpha value is -1.59. The number of carbonyl (C=O) groups excluding carboxylic acids is 1. The molecule has 0 aliphatic rings. The van der Waals surface area contributed by atoms with E-state index in [0.717, 1.165) is 0 Å². The van der Waals surface area contributed by atoms with Crippen LogP contribution in [-0.4, -0.2) is 31.8 Å². The topological polar surface area (TPSA) is 73.6 Å². The highest BCUT2D eigenvalue weighted by molar-refractivity contribution is 5.93. The van der Waals surface area contributed by atoms with Crippen LogP contribution >= 0.6 is 0 Å². The van der Waals surface area contributed by atoms with E-state index in [1.165, 1.54) is 0 Å². The fourth-order valence-corrected chi connectivity index (χ4v) is 1.36. The Morgan fingerprint density at radius 1 is 1.39 bits per heavy atom. The van der Waals surface area contributed by atoms with Crippen LogP contribution in [0.3, 0.4) is 0 Å². The van der Waals surface area contributed by atoms with E-state index < -0.39 is 0 Å². The minimum Gasteiger partial charge on any atom is -0.489 e. The average Bonchev–Trinajstić information content (AvgIpc) is 2.31. The summed E-state index contributed by atoms with van der Waals surface area (Å²) in [6.45, 7) is 4.64. The van der Waals surface area contributed by atoms with Crippen LogP contribution in [0.4, 0.5) is 5.69 Å². The quantitative estimate of drug-likeness (QED) is 0.719. The van der Waals surface area contributed by atoms with Gasteiger partial charge in [-0.05, 0) is 26.0 Å². The molecule has 1 amide bonds. The molecule has 0 fully saturated rings. The Kier molecular flexibility index (Phi) is 6.18. The molecule has 0 atom stereocenters. The van der Waals surface area contributed by atoms with Gasteiger partial charge in [0.1, 0.15) is 12.4 Å². The second-order valence-electron chi connectivity index (χ2n) is 4.05. The molecule has 0 spiro atoms. The molecule has 3 N–H and O–H groups in total. The zero-order chi connectivity index (χ0) is 13.4. The molecule has 0 bridgehead atoms. The molecule has 0 aliphatic heterocycles. The lowest BCUT2D eigenvalue weighted by molar-refractivity contribution is -0.120. The van der Waals surface area contributed by atoms with Crippen molar-refractivity contribution in [2.45, 2.75) is 20.0 Å². The molecular formula is C13H20N2O3. The maximum Gasteiger partial charge on any atom is 0.250 e. The van der Waals surface area contributed by atoms with E-state index in [0.29, 0.717) is 24.6 Å². The summed E-state index contributed by atoms with van der Waals surface area (Å²) >= 11 is 0. The van der Waals surface area contributed by atoms with E-state index in [-0.39, 0.29) is 18.6 Å². The van der Waals surface area contributed by atoms with E-state index in [2.05, 4.69) is 5.32 Å². The minimum absolute atomic E-state index is 0.00673. The van der Waals surface area contributed by atoms with Crippen LogP contribution in [0.2, 0.25) is 0 Å². The highest BCUT2D eigenvalue weighted by atomic mass is 16.5. The summed E-state index contributed by atoms with van der Waals surface area (Å²) in [5.41, 5.74) is 5.92. The van der Waals surface area contributed by atoms with Crippen molar-refractivity contribution in [3.05, 3.63) is 24.3 Å². The number of benzene rings is 1. The number of para-hydroxylation sites is 2. The van der Waals surface area contributed by atoms with Gasteiger partial charge in [-0.25, -0.2) is 0 Å². The summed E-state index contributed by atoms with van der Waals surface area (Å²) in [5, 5.41) is 2.75. The van der Waals surface area contributed by atoms with Crippen LogP contribution in [0.5, 0.6) is 5.75 Å². The van der Waals surface area contributed by atoms with Gasteiger partial charge in [0, 0.05) is 6.54 Å². The van der Waals surface area contributed by atoms with Gasteiger partial charge in [-0.3, -0.25) is 4.79 Å². The Balaban J connectivity index is 2.57. The maximum atomic E-state index is 11.6. The number of amides is 1. The monoisotopic (exact) mass is 252 g/mol. The summed E-state index contributed by atoms with van der Waals surface area (Å²) in [5.74, 6) is 0.433. The van der Waals surface area contributed by atoms with Crippen LogP contribution in [0.1, 0.15) is 13.8 Å². The van der Waals surface area contributed by atoms with Crippen LogP contribution < -0.4 is 15.8 Å². The SMILES string of the molecule is CC(C)Oc1ccccc1NC(=O)COCCN. The number of anilines is 1. The van der Waals surface area contributed by atoms with Crippen molar-refractivity contribution in [3.63, 3.8) is 0 Å². The third-order valence-electron chi connectivity index (χ3n) is 2.02. The number of carbonyl (C=O) groups is 1. The van der Waals surface area contributed by atoms with E-state index in [9.17, 15) is 4.79 Å². The molecule has 1 aromatic rings. The fraction of sp³-hybridized carbons (Fsp3) is 0.462. The van der Waals surface area contributed by atoms with E-state index in [4.69, 9.17) is 15.2 Å². The number of ether oxygens (including phenoxy) is 2. The summed E-state index contributed by atoms with van der Waals surface area (Å²) in [6.07, 6.45) is 0.0524. The molecule has 0 unspecified atom stereocenters. The standard InChI is InChI=1S/C13H20N2O3/c1-10(2)18-12-6-4-3-5-11(12)15-13(16)9-17-8-7-14/h3-6,10H,7-9,14H2,1-2H3,(H,15,16). The van der Waals surface area contributed by atoms with Crippen LogP contribution in [0.15, 0.2) is 24.3 Å². The molecule has 1 rings (SSSR count). The van der Waals surface area contributed by atoms with E-state index in [1.54, 1.807) is 6.07 Å². The summed E-state index contributed by atoms with van der Waals surface area (Å²) < 4.78 is 10.7. The second-order valence-corrected chi connectivity index (χ2v) is 4.05. The first-order valence-electron chi connectivity index (χ1n) is 5.97. The summed E-state index contributed by atoms with van der Waals surface area (Å²) in [7, 11) is 0. The van der Waals surface area contributed by atoms with Gasteiger partial charge >= 0.3 is 0 Å². The Bertz CT molecular complexity index is 380. The fourth-order valence-electron chi connectivity index (χ4n) is 1.36. The molecule has 5 nitrogen and oxygen atoms in total. The van der Waals surface area contributed by atoms with Crippen molar-refractivity contribution in [1.29, 1.82) is 0 Å². The summed E-state index contributed by atoms with van der Waals surface area (Å²) in [4.78, 5) is 11.6.